The largest absolute Gasteiger partial charge is 0.494 e. The number of aryl methyl sites for hydroxylation is 1. The van der Waals surface area contributed by atoms with Crippen LogP contribution >= 0.6 is 11.3 Å². The average molecular weight is 275 g/mol. The van der Waals surface area contributed by atoms with Crippen molar-refractivity contribution in [1.82, 2.24) is 5.32 Å². The van der Waals surface area contributed by atoms with Crippen LogP contribution in [0.1, 0.15) is 35.9 Å². The minimum Gasteiger partial charge on any atom is -0.494 e. The lowest BCUT2D eigenvalue weighted by molar-refractivity contribution is 0.332. The fourth-order valence-corrected chi connectivity index (χ4v) is 2.92. The van der Waals surface area contributed by atoms with Gasteiger partial charge in [-0.25, -0.2) is 0 Å². The van der Waals surface area contributed by atoms with Gasteiger partial charge in [-0.05, 0) is 43.8 Å². The van der Waals surface area contributed by atoms with Gasteiger partial charge in [0.2, 0.25) is 0 Å². The van der Waals surface area contributed by atoms with Crippen molar-refractivity contribution in [3.63, 3.8) is 0 Å². The molecule has 0 aliphatic rings. The molecule has 102 valence electrons. The van der Waals surface area contributed by atoms with Gasteiger partial charge in [0.25, 0.3) is 0 Å². The fraction of sp³-hybridized carbons (Fsp3) is 0.375. The summed E-state index contributed by atoms with van der Waals surface area (Å²) >= 11 is 1.81. The highest BCUT2D eigenvalue weighted by Crippen LogP contribution is 2.25. The van der Waals surface area contributed by atoms with Crippen LogP contribution in [0, 0.1) is 6.92 Å². The third kappa shape index (κ3) is 3.58. The molecule has 0 saturated heterocycles. The van der Waals surface area contributed by atoms with E-state index in [1.54, 1.807) is 0 Å². The minimum atomic E-state index is 0.282. The maximum atomic E-state index is 5.68. The quantitative estimate of drug-likeness (QED) is 0.848. The van der Waals surface area contributed by atoms with Gasteiger partial charge in [-0.15, -0.1) is 11.3 Å². The van der Waals surface area contributed by atoms with Crippen molar-refractivity contribution in [2.45, 2.75) is 33.4 Å². The van der Waals surface area contributed by atoms with Crippen LogP contribution in [0.3, 0.4) is 0 Å². The minimum absolute atomic E-state index is 0.282. The number of hydrogen-bond donors (Lipinski definition) is 1. The van der Waals surface area contributed by atoms with Crippen LogP contribution in [-0.4, -0.2) is 6.61 Å². The number of thiophene rings is 1. The van der Waals surface area contributed by atoms with Gasteiger partial charge >= 0.3 is 0 Å². The van der Waals surface area contributed by atoms with Crippen molar-refractivity contribution in [2.24, 2.45) is 0 Å². The second kappa shape index (κ2) is 6.73. The van der Waals surface area contributed by atoms with Gasteiger partial charge in [-0.3, -0.25) is 0 Å². The van der Waals surface area contributed by atoms with E-state index < -0.39 is 0 Å². The van der Waals surface area contributed by atoms with E-state index in [0.29, 0.717) is 6.61 Å². The molecule has 0 bridgehead atoms. The second-order valence-corrected chi connectivity index (χ2v) is 5.60. The van der Waals surface area contributed by atoms with Gasteiger partial charge in [0.15, 0.2) is 0 Å². The van der Waals surface area contributed by atoms with Crippen molar-refractivity contribution >= 4 is 11.3 Å². The highest BCUT2D eigenvalue weighted by Gasteiger charge is 2.11. The summed E-state index contributed by atoms with van der Waals surface area (Å²) in [7, 11) is 0. The molecule has 0 fully saturated rings. The van der Waals surface area contributed by atoms with E-state index in [-0.39, 0.29) is 6.04 Å². The van der Waals surface area contributed by atoms with Gasteiger partial charge in [-0.1, -0.05) is 18.2 Å². The Morgan fingerprint density at radius 2 is 2.05 bits per heavy atom. The highest BCUT2D eigenvalue weighted by molar-refractivity contribution is 7.10. The Bertz CT molecular complexity index is 521. The highest BCUT2D eigenvalue weighted by atomic mass is 32.1. The number of rotatable bonds is 6. The zero-order chi connectivity index (χ0) is 13.7. The molecule has 3 heteroatoms. The molecule has 0 amide bonds. The van der Waals surface area contributed by atoms with E-state index in [1.165, 1.54) is 16.0 Å². The van der Waals surface area contributed by atoms with Crippen molar-refractivity contribution in [2.75, 3.05) is 6.61 Å². The first-order valence-corrected chi connectivity index (χ1v) is 7.58. The van der Waals surface area contributed by atoms with Crippen LogP contribution in [0.4, 0.5) is 0 Å². The van der Waals surface area contributed by atoms with Crippen molar-refractivity contribution in [1.29, 1.82) is 0 Å². The predicted molar refractivity (Wildman–Crippen MR) is 81.9 cm³/mol. The lowest BCUT2D eigenvalue weighted by Gasteiger charge is -2.17. The van der Waals surface area contributed by atoms with E-state index in [9.17, 15) is 0 Å². The smallest absolute Gasteiger partial charge is 0.124 e. The van der Waals surface area contributed by atoms with Crippen LogP contribution < -0.4 is 10.1 Å². The van der Waals surface area contributed by atoms with Crippen molar-refractivity contribution in [3.8, 4) is 5.75 Å². The molecule has 0 saturated carbocycles. The summed E-state index contributed by atoms with van der Waals surface area (Å²) < 4.78 is 5.68. The summed E-state index contributed by atoms with van der Waals surface area (Å²) in [6, 6.07) is 10.7. The monoisotopic (exact) mass is 275 g/mol. The Morgan fingerprint density at radius 1 is 1.26 bits per heavy atom. The SMILES string of the molecule is CCOc1ccccc1C(C)NCc1sccc1C. The molecule has 1 N–H and O–H groups in total. The molecule has 0 aliphatic carbocycles. The Hall–Kier alpha value is -1.32. The normalized spacial score (nSPS) is 12.4. The van der Waals surface area contributed by atoms with Crippen molar-refractivity contribution in [3.05, 3.63) is 51.7 Å². The lowest BCUT2D eigenvalue weighted by Crippen LogP contribution is -2.18. The third-order valence-corrected chi connectivity index (χ3v) is 4.25. The number of benzene rings is 1. The Morgan fingerprint density at radius 3 is 2.74 bits per heavy atom. The molecular weight excluding hydrogens is 254 g/mol. The summed E-state index contributed by atoms with van der Waals surface area (Å²) in [5.41, 5.74) is 2.58. The zero-order valence-electron chi connectivity index (χ0n) is 11.8. The van der Waals surface area contributed by atoms with E-state index in [1.807, 2.05) is 30.4 Å². The lowest BCUT2D eigenvalue weighted by atomic mass is 10.1. The first-order valence-electron chi connectivity index (χ1n) is 6.70. The van der Waals surface area contributed by atoms with E-state index in [0.717, 1.165) is 12.3 Å². The molecule has 1 aromatic carbocycles. The molecule has 2 rings (SSSR count). The predicted octanol–water partition coefficient (Wildman–Crippen LogP) is 4.31. The Balaban J connectivity index is 2.03. The number of nitrogens with one attached hydrogen (secondary N) is 1. The van der Waals surface area contributed by atoms with Crippen LogP contribution in [-0.2, 0) is 6.54 Å². The molecule has 2 aromatic rings. The standard InChI is InChI=1S/C16H21NOS/c1-4-18-15-8-6-5-7-14(15)13(3)17-11-16-12(2)9-10-19-16/h5-10,13,17H,4,11H2,1-3H3. The first-order chi connectivity index (χ1) is 9.22. The van der Waals surface area contributed by atoms with Crippen LogP contribution in [0.25, 0.3) is 0 Å². The molecule has 0 aliphatic heterocycles. The molecule has 0 radical (unpaired) electrons. The van der Waals surface area contributed by atoms with Crippen LogP contribution in [0.2, 0.25) is 0 Å². The van der Waals surface area contributed by atoms with Gasteiger partial charge < -0.3 is 10.1 Å². The summed E-state index contributed by atoms with van der Waals surface area (Å²) in [4.78, 5) is 1.40. The summed E-state index contributed by atoms with van der Waals surface area (Å²) in [5, 5.41) is 5.72. The van der Waals surface area contributed by atoms with E-state index in [4.69, 9.17) is 4.74 Å². The summed E-state index contributed by atoms with van der Waals surface area (Å²) in [5.74, 6) is 0.980. The van der Waals surface area contributed by atoms with Crippen LogP contribution in [0.15, 0.2) is 35.7 Å². The van der Waals surface area contributed by atoms with Gasteiger partial charge in [0.05, 0.1) is 6.61 Å². The number of para-hydroxylation sites is 1. The van der Waals surface area contributed by atoms with Gasteiger partial charge in [0.1, 0.15) is 5.75 Å². The molecule has 1 aromatic heterocycles. The maximum Gasteiger partial charge on any atom is 0.124 e. The zero-order valence-corrected chi connectivity index (χ0v) is 12.6. The third-order valence-electron chi connectivity index (χ3n) is 3.22. The van der Waals surface area contributed by atoms with Crippen LogP contribution in [0.5, 0.6) is 5.75 Å². The Labute approximate surface area is 119 Å². The molecule has 1 heterocycles. The fourth-order valence-electron chi connectivity index (χ4n) is 2.07. The summed E-state index contributed by atoms with van der Waals surface area (Å²) in [6.07, 6.45) is 0. The van der Waals surface area contributed by atoms with E-state index >= 15 is 0 Å². The molecule has 19 heavy (non-hydrogen) atoms. The topological polar surface area (TPSA) is 21.3 Å². The molecule has 2 nitrogen and oxygen atoms in total. The molecular formula is C16H21NOS. The van der Waals surface area contributed by atoms with Gasteiger partial charge in [0, 0.05) is 23.0 Å². The van der Waals surface area contributed by atoms with Crippen molar-refractivity contribution < 1.29 is 4.74 Å². The molecule has 1 unspecified atom stereocenters. The Kier molecular flexibility index (Phi) is 5.00. The maximum absolute atomic E-state index is 5.68. The first kappa shape index (κ1) is 14.1. The van der Waals surface area contributed by atoms with E-state index in [2.05, 4.69) is 42.7 Å². The second-order valence-electron chi connectivity index (χ2n) is 4.60. The molecule has 0 spiro atoms. The molecule has 1 atom stereocenters. The number of hydrogen-bond acceptors (Lipinski definition) is 3. The average Bonchev–Trinajstić information content (AvgIpc) is 2.82. The summed E-state index contributed by atoms with van der Waals surface area (Å²) in [6.45, 7) is 7.97. The van der Waals surface area contributed by atoms with Gasteiger partial charge in [-0.2, -0.15) is 0 Å². The number of ether oxygens (including phenoxy) is 1.